The summed E-state index contributed by atoms with van der Waals surface area (Å²) in [5.41, 5.74) is 1.65. The predicted octanol–water partition coefficient (Wildman–Crippen LogP) is 4.22. The van der Waals surface area contributed by atoms with E-state index in [1.807, 2.05) is 0 Å². The number of aliphatic hydroxyl groups excluding tert-OH is 1. The van der Waals surface area contributed by atoms with Gasteiger partial charge in [0, 0.05) is 0 Å². The van der Waals surface area contributed by atoms with E-state index in [-0.39, 0.29) is 11.5 Å². The summed E-state index contributed by atoms with van der Waals surface area (Å²) in [5, 5.41) is 23.2. The maximum absolute atomic E-state index is 10.5. The summed E-state index contributed by atoms with van der Waals surface area (Å²) in [7, 11) is 0. The Kier molecular flexibility index (Phi) is 3.38. The monoisotopic (exact) mass is 305 g/mol. The van der Waals surface area contributed by atoms with Gasteiger partial charge in [0.1, 0.15) is 0 Å². The number of fused-ring (bicyclic) bond motifs is 5. The van der Waals surface area contributed by atoms with E-state index in [0.717, 1.165) is 42.7 Å². The summed E-state index contributed by atoms with van der Waals surface area (Å²) in [6.07, 6.45) is 10.5. The summed E-state index contributed by atoms with van der Waals surface area (Å²) in [6.45, 7) is 4.88. The van der Waals surface area contributed by atoms with Crippen molar-refractivity contribution < 1.29 is 10.3 Å². The third kappa shape index (κ3) is 1.87. The number of rotatable bonds is 0. The van der Waals surface area contributed by atoms with Crippen molar-refractivity contribution in [3.63, 3.8) is 0 Å². The Morgan fingerprint density at radius 2 is 1.73 bits per heavy atom. The first-order valence-electron chi connectivity index (χ1n) is 9.37. The van der Waals surface area contributed by atoms with Gasteiger partial charge in [0.2, 0.25) is 0 Å². The van der Waals surface area contributed by atoms with Crippen molar-refractivity contribution in [2.45, 2.75) is 77.7 Å². The zero-order valence-corrected chi connectivity index (χ0v) is 14.1. The van der Waals surface area contributed by atoms with Crippen molar-refractivity contribution in [2.24, 2.45) is 39.7 Å². The van der Waals surface area contributed by atoms with Crippen LogP contribution in [0.5, 0.6) is 0 Å². The molecule has 3 nitrogen and oxygen atoms in total. The van der Waals surface area contributed by atoms with Crippen LogP contribution in [-0.2, 0) is 0 Å². The van der Waals surface area contributed by atoms with Crippen LogP contribution in [-0.4, -0.2) is 22.1 Å². The molecule has 0 bridgehead atoms. The molecule has 0 heterocycles. The number of aliphatic hydroxyl groups is 1. The van der Waals surface area contributed by atoms with E-state index in [4.69, 9.17) is 5.21 Å². The van der Waals surface area contributed by atoms with Crippen LogP contribution in [0, 0.1) is 34.5 Å². The average Bonchev–Trinajstić information content (AvgIpc) is 2.82. The van der Waals surface area contributed by atoms with Gasteiger partial charge in [0.05, 0.1) is 11.8 Å². The number of nitrogens with zero attached hydrogens (tertiary/aromatic N) is 1. The second-order valence-corrected chi connectivity index (χ2v) is 9.16. The van der Waals surface area contributed by atoms with Crippen molar-refractivity contribution in [1.82, 2.24) is 0 Å². The minimum atomic E-state index is -0.0662. The predicted molar refractivity (Wildman–Crippen MR) is 87.0 cm³/mol. The van der Waals surface area contributed by atoms with Crippen LogP contribution in [0.1, 0.15) is 71.6 Å². The lowest BCUT2D eigenvalue weighted by atomic mass is 9.45. The number of hydrogen-bond acceptors (Lipinski definition) is 3. The van der Waals surface area contributed by atoms with Gasteiger partial charge in [-0.3, -0.25) is 0 Å². The molecular weight excluding hydrogens is 274 g/mol. The second-order valence-electron chi connectivity index (χ2n) is 9.16. The summed E-state index contributed by atoms with van der Waals surface area (Å²) in [5.74, 6) is 3.11. The van der Waals surface area contributed by atoms with Crippen molar-refractivity contribution in [3.05, 3.63) is 0 Å². The molecule has 0 aromatic rings. The van der Waals surface area contributed by atoms with Crippen molar-refractivity contribution in [1.29, 1.82) is 0 Å². The van der Waals surface area contributed by atoms with Crippen molar-refractivity contribution >= 4 is 5.71 Å². The molecule has 7 atom stereocenters. The Hall–Kier alpha value is -0.570. The normalized spacial score (nSPS) is 56.3. The van der Waals surface area contributed by atoms with E-state index < -0.39 is 0 Å². The molecule has 3 heteroatoms. The fourth-order valence-corrected chi connectivity index (χ4v) is 7.12. The average molecular weight is 305 g/mol. The lowest BCUT2D eigenvalue weighted by molar-refractivity contribution is -0.112. The third-order valence-electron chi connectivity index (χ3n) is 8.59. The van der Waals surface area contributed by atoms with E-state index in [0.29, 0.717) is 11.3 Å². The molecule has 4 saturated carbocycles. The highest BCUT2D eigenvalue weighted by Gasteiger charge is 2.59. The Morgan fingerprint density at radius 3 is 2.50 bits per heavy atom. The number of oxime groups is 1. The van der Waals surface area contributed by atoms with E-state index in [1.165, 1.54) is 38.5 Å². The minimum Gasteiger partial charge on any atom is -0.411 e. The molecule has 4 rings (SSSR count). The van der Waals surface area contributed by atoms with E-state index in [9.17, 15) is 5.11 Å². The van der Waals surface area contributed by atoms with Crippen LogP contribution in [0.2, 0.25) is 0 Å². The Balaban J connectivity index is 1.62. The second kappa shape index (κ2) is 4.96. The van der Waals surface area contributed by atoms with Crippen LogP contribution < -0.4 is 0 Å². The summed E-state index contributed by atoms with van der Waals surface area (Å²) in [6, 6.07) is 0. The van der Waals surface area contributed by atoms with Crippen LogP contribution in [0.3, 0.4) is 0 Å². The Bertz CT molecular complexity index is 490. The first-order chi connectivity index (χ1) is 10.5. The molecule has 0 radical (unpaired) electrons. The van der Waals surface area contributed by atoms with Gasteiger partial charge in [-0.2, -0.15) is 0 Å². The SMILES string of the molecule is C[C@]12CC/C(=N\O)C[C@@H]1CC[C@H]1[C@H]2CC[C@@]2(C)[C@H](O)CC[C@H]12. The number of hydrogen-bond donors (Lipinski definition) is 2. The van der Waals surface area contributed by atoms with Crippen LogP contribution in [0.4, 0.5) is 0 Å². The highest BCUT2D eigenvalue weighted by atomic mass is 16.4. The highest BCUT2D eigenvalue weighted by molar-refractivity contribution is 5.85. The third-order valence-corrected chi connectivity index (χ3v) is 8.59. The first kappa shape index (κ1) is 15.0. The summed E-state index contributed by atoms with van der Waals surface area (Å²) in [4.78, 5) is 0. The molecule has 0 amide bonds. The van der Waals surface area contributed by atoms with Crippen LogP contribution >= 0.6 is 0 Å². The summed E-state index contributed by atoms with van der Waals surface area (Å²) >= 11 is 0. The lowest BCUT2D eigenvalue weighted by Gasteiger charge is -2.60. The molecule has 2 N–H and O–H groups in total. The van der Waals surface area contributed by atoms with E-state index in [2.05, 4.69) is 19.0 Å². The van der Waals surface area contributed by atoms with Gasteiger partial charge in [-0.15, -0.1) is 0 Å². The molecule has 4 aliphatic rings. The standard InChI is InChI=1S/C19H31NO2/c1-18-9-7-13(20-22)11-12(18)3-4-14-15-5-6-17(21)19(15,2)10-8-16(14)18/h12,14-17,21-22H,3-11H2,1-2H3/b20-13+/t12-,14+,15+,16+,17+,18-,19+/m0/s1. The molecule has 0 unspecified atom stereocenters. The fraction of sp³-hybridized carbons (Fsp3) is 0.947. The molecule has 0 spiro atoms. The van der Waals surface area contributed by atoms with Crippen molar-refractivity contribution in [3.8, 4) is 0 Å². The molecule has 22 heavy (non-hydrogen) atoms. The highest BCUT2D eigenvalue weighted by Crippen LogP contribution is 2.65. The Morgan fingerprint density at radius 1 is 0.955 bits per heavy atom. The zero-order chi connectivity index (χ0) is 15.5. The quantitative estimate of drug-likeness (QED) is 0.520. The van der Waals surface area contributed by atoms with Crippen molar-refractivity contribution in [2.75, 3.05) is 0 Å². The first-order valence-corrected chi connectivity index (χ1v) is 9.37. The Labute approximate surface area is 134 Å². The van der Waals surface area contributed by atoms with Crippen LogP contribution in [0.15, 0.2) is 5.16 Å². The molecule has 0 aromatic heterocycles. The fourth-order valence-electron chi connectivity index (χ4n) is 7.12. The van der Waals surface area contributed by atoms with Gasteiger partial charge in [-0.25, -0.2) is 0 Å². The maximum Gasteiger partial charge on any atom is 0.0596 e. The van der Waals surface area contributed by atoms with E-state index in [1.54, 1.807) is 0 Å². The van der Waals surface area contributed by atoms with Crippen LogP contribution in [0.25, 0.3) is 0 Å². The molecule has 4 fully saturated rings. The molecule has 0 saturated heterocycles. The van der Waals surface area contributed by atoms with Gasteiger partial charge >= 0.3 is 0 Å². The maximum atomic E-state index is 10.5. The van der Waals surface area contributed by atoms with E-state index >= 15 is 0 Å². The minimum absolute atomic E-state index is 0.0662. The molecule has 0 aromatic carbocycles. The van der Waals surface area contributed by atoms with Gasteiger partial charge in [0.15, 0.2) is 0 Å². The van der Waals surface area contributed by atoms with Gasteiger partial charge in [0.25, 0.3) is 0 Å². The smallest absolute Gasteiger partial charge is 0.0596 e. The topological polar surface area (TPSA) is 52.8 Å². The molecule has 4 aliphatic carbocycles. The molecular formula is C19H31NO2. The molecule has 124 valence electrons. The summed E-state index contributed by atoms with van der Waals surface area (Å²) < 4.78 is 0. The van der Waals surface area contributed by atoms with Gasteiger partial charge in [-0.05, 0) is 92.3 Å². The molecule has 0 aliphatic heterocycles. The van der Waals surface area contributed by atoms with Gasteiger partial charge < -0.3 is 10.3 Å². The largest absolute Gasteiger partial charge is 0.411 e. The zero-order valence-electron chi connectivity index (χ0n) is 14.1. The van der Waals surface area contributed by atoms with Gasteiger partial charge in [-0.1, -0.05) is 19.0 Å². The lowest BCUT2D eigenvalue weighted by Crippen LogP contribution is -2.54.